The zero-order chi connectivity index (χ0) is 19.7. The molecule has 1 aliphatic rings. The topological polar surface area (TPSA) is 112 Å². The number of carbonyl (C=O) groups is 1. The second-order valence-corrected chi connectivity index (χ2v) is 6.59. The highest BCUT2D eigenvalue weighted by Crippen LogP contribution is 2.37. The number of nitrogens with two attached hydrogens (primary N) is 1. The highest BCUT2D eigenvalue weighted by atomic mass is 16.6. The van der Waals surface area contributed by atoms with Gasteiger partial charge in [0.05, 0.1) is 22.0 Å². The number of benzene rings is 2. The van der Waals surface area contributed by atoms with E-state index in [1.165, 1.54) is 6.07 Å². The van der Waals surface area contributed by atoms with Crippen molar-refractivity contribution >= 4 is 22.5 Å². The number of non-ortho nitro benzene ring substituents is 1. The third-order valence-corrected chi connectivity index (χ3v) is 4.92. The van der Waals surface area contributed by atoms with Crippen LogP contribution in [0.5, 0.6) is 11.5 Å². The van der Waals surface area contributed by atoms with Crippen LogP contribution in [0.15, 0.2) is 54.7 Å². The molecule has 4 rings (SSSR count). The predicted octanol–water partition coefficient (Wildman–Crippen LogP) is 4.15. The largest absolute Gasteiger partial charge is 0.457 e. The van der Waals surface area contributed by atoms with Gasteiger partial charge < -0.3 is 15.4 Å². The lowest BCUT2D eigenvalue weighted by Crippen LogP contribution is -2.35. The van der Waals surface area contributed by atoms with Crippen LogP contribution in [-0.4, -0.2) is 27.4 Å². The van der Waals surface area contributed by atoms with E-state index < -0.39 is 11.0 Å². The zero-order valence-electron chi connectivity index (χ0n) is 14.9. The Morgan fingerprint density at radius 3 is 2.75 bits per heavy atom. The number of primary amides is 1. The summed E-state index contributed by atoms with van der Waals surface area (Å²) in [4.78, 5) is 28.5. The minimum atomic E-state index is -0.461. The second-order valence-electron chi connectivity index (χ2n) is 6.59. The molecule has 8 nitrogen and oxygen atoms in total. The fourth-order valence-electron chi connectivity index (χ4n) is 3.64. The van der Waals surface area contributed by atoms with Gasteiger partial charge >= 0.3 is 6.03 Å². The van der Waals surface area contributed by atoms with Crippen LogP contribution in [0.1, 0.15) is 24.6 Å². The minimum Gasteiger partial charge on any atom is -0.457 e. The summed E-state index contributed by atoms with van der Waals surface area (Å²) < 4.78 is 6.03. The van der Waals surface area contributed by atoms with Gasteiger partial charge in [-0.25, -0.2) is 4.79 Å². The summed E-state index contributed by atoms with van der Waals surface area (Å²) in [6.45, 7) is 0.611. The minimum absolute atomic E-state index is 0.0291. The molecule has 0 aliphatic carbocycles. The van der Waals surface area contributed by atoms with Crippen molar-refractivity contribution in [2.24, 2.45) is 5.73 Å². The molecule has 1 saturated heterocycles. The van der Waals surface area contributed by atoms with Gasteiger partial charge in [0.25, 0.3) is 5.69 Å². The molecule has 28 heavy (non-hydrogen) atoms. The molecule has 1 aromatic heterocycles. The predicted molar refractivity (Wildman–Crippen MR) is 103 cm³/mol. The molecule has 0 saturated carbocycles. The molecule has 2 heterocycles. The van der Waals surface area contributed by atoms with Crippen LogP contribution in [0, 0.1) is 10.1 Å². The fraction of sp³-hybridized carbons (Fsp3) is 0.200. The number of amides is 2. The monoisotopic (exact) mass is 378 g/mol. The van der Waals surface area contributed by atoms with Gasteiger partial charge in [0.1, 0.15) is 11.5 Å². The number of nitro benzene ring substituents is 1. The molecule has 8 heteroatoms. The van der Waals surface area contributed by atoms with E-state index in [4.69, 9.17) is 10.5 Å². The van der Waals surface area contributed by atoms with Crippen LogP contribution in [0.3, 0.4) is 0 Å². The Bertz CT molecular complexity index is 1070. The average Bonchev–Trinajstić information content (AvgIpc) is 3.18. The molecule has 0 spiro atoms. The first-order valence-corrected chi connectivity index (χ1v) is 8.90. The Balaban J connectivity index is 1.68. The quantitative estimate of drug-likeness (QED) is 0.541. The first-order chi connectivity index (χ1) is 13.5. The Morgan fingerprint density at radius 2 is 2.00 bits per heavy atom. The summed E-state index contributed by atoms with van der Waals surface area (Å²) in [6.07, 6.45) is 3.28. The van der Waals surface area contributed by atoms with E-state index in [1.807, 2.05) is 0 Å². The number of aromatic nitrogens is 1. The number of ether oxygens (including phenoxy) is 1. The van der Waals surface area contributed by atoms with Crippen LogP contribution in [-0.2, 0) is 0 Å². The number of nitro groups is 1. The molecule has 2 N–H and O–H groups in total. The molecule has 1 atom stereocenters. The summed E-state index contributed by atoms with van der Waals surface area (Å²) in [6, 6.07) is 12.9. The number of urea groups is 1. The molecule has 1 aliphatic heterocycles. The molecular formula is C20H18N4O4. The fourth-order valence-corrected chi connectivity index (χ4v) is 3.64. The first-order valence-electron chi connectivity index (χ1n) is 8.90. The molecule has 2 aromatic carbocycles. The maximum atomic E-state index is 11.6. The van der Waals surface area contributed by atoms with Crippen LogP contribution in [0.2, 0.25) is 0 Å². The lowest BCUT2D eigenvalue weighted by atomic mass is 10.1. The van der Waals surface area contributed by atoms with Crippen molar-refractivity contribution in [3.05, 3.63) is 70.5 Å². The standard InChI is InChI=1S/C20H18N4O4/c21-20(25)23-11-3-6-18(23)16-12-13(9-10-22-16)28-19-8-7-17(24(26)27)14-4-1-2-5-15(14)19/h1-2,4-5,7-10,12,18H,3,6,11H2,(H2,21,25). The maximum absolute atomic E-state index is 11.6. The van der Waals surface area contributed by atoms with Gasteiger partial charge in [0, 0.05) is 30.3 Å². The molecule has 142 valence electrons. The molecule has 0 bridgehead atoms. The Hall–Kier alpha value is -3.68. The number of carbonyl (C=O) groups excluding carboxylic acids is 1. The zero-order valence-corrected chi connectivity index (χ0v) is 14.9. The highest BCUT2D eigenvalue weighted by molar-refractivity contribution is 5.95. The summed E-state index contributed by atoms with van der Waals surface area (Å²) >= 11 is 0. The molecule has 2 amide bonds. The summed E-state index contributed by atoms with van der Waals surface area (Å²) in [5.41, 5.74) is 6.20. The molecular weight excluding hydrogens is 360 g/mol. The third kappa shape index (κ3) is 3.20. The van der Waals surface area contributed by atoms with E-state index in [0.717, 1.165) is 12.8 Å². The molecule has 0 radical (unpaired) electrons. The van der Waals surface area contributed by atoms with E-state index in [1.54, 1.807) is 53.6 Å². The van der Waals surface area contributed by atoms with Gasteiger partial charge in [-0.15, -0.1) is 0 Å². The van der Waals surface area contributed by atoms with Gasteiger partial charge in [-0.3, -0.25) is 15.1 Å². The molecule has 1 unspecified atom stereocenters. The van der Waals surface area contributed by atoms with Gasteiger partial charge in [0.2, 0.25) is 0 Å². The van der Waals surface area contributed by atoms with E-state index in [-0.39, 0.29) is 11.7 Å². The van der Waals surface area contributed by atoms with Crippen LogP contribution < -0.4 is 10.5 Å². The number of fused-ring (bicyclic) bond motifs is 1. The van der Waals surface area contributed by atoms with Crippen LogP contribution >= 0.6 is 0 Å². The smallest absolute Gasteiger partial charge is 0.315 e. The van der Waals surface area contributed by atoms with Gasteiger partial charge in [-0.1, -0.05) is 18.2 Å². The van der Waals surface area contributed by atoms with Gasteiger partial charge in [-0.2, -0.15) is 0 Å². The lowest BCUT2D eigenvalue weighted by Gasteiger charge is -2.22. The van der Waals surface area contributed by atoms with Crippen LogP contribution in [0.4, 0.5) is 10.5 Å². The van der Waals surface area contributed by atoms with E-state index in [9.17, 15) is 14.9 Å². The van der Waals surface area contributed by atoms with Gasteiger partial charge in [0.15, 0.2) is 0 Å². The molecule has 1 fully saturated rings. The summed E-state index contributed by atoms with van der Waals surface area (Å²) in [5.74, 6) is 1.05. The van der Waals surface area contributed by atoms with E-state index in [0.29, 0.717) is 34.5 Å². The van der Waals surface area contributed by atoms with E-state index in [2.05, 4.69) is 4.98 Å². The first kappa shape index (κ1) is 17.7. The average molecular weight is 378 g/mol. The number of pyridine rings is 1. The van der Waals surface area contributed by atoms with Crippen molar-refractivity contribution in [2.75, 3.05) is 6.54 Å². The van der Waals surface area contributed by atoms with Crippen molar-refractivity contribution in [3.63, 3.8) is 0 Å². The number of hydrogen-bond acceptors (Lipinski definition) is 5. The Kier molecular flexibility index (Phi) is 4.52. The number of nitrogens with zero attached hydrogens (tertiary/aromatic N) is 3. The van der Waals surface area contributed by atoms with Crippen molar-refractivity contribution in [2.45, 2.75) is 18.9 Å². The summed E-state index contributed by atoms with van der Waals surface area (Å²) in [7, 11) is 0. The number of rotatable bonds is 4. The van der Waals surface area contributed by atoms with Crippen LogP contribution in [0.25, 0.3) is 10.8 Å². The number of hydrogen-bond donors (Lipinski definition) is 1. The Morgan fingerprint density at radius 1 is 1.21 bits per heavy atom. The van der Waals surface area contributed by atoms with Gasteiger partial charge in [-0.05, 0) is 31.0 Å². The van der Waals surface area contributed by atoms with Crippen molar-refractivity contribution in [1.29, 1.82) is 0 Å². The van der Waals surface area contributed by atoms with Crippen molar-refractivity contribution in [3.8, 4) is 11.5 Å². The van der Waals surface area contributed by atoms with Crippen molar-refractivity contribution < 1.29 is 14.5 Å². The molecule has 3 aromatic rings. The normalized spacial score (nSPS) is 16.3. The van der Waals surface area contributed by atoms with E-state index >= 15 is 0 Å². The second kappa shape index (κ2) is 7.15. The highest BCUT2D eigenvalue weighted by Gasteiger charge is 2.29. The summed E-state index contributed by atoms with van der Waals surface area (Å²) in [5, 5.41) is 12.4. The maximum Gasteiger partial charge on any atom is 0.315 e. The number of likely N-dealkylation sites (tertiary alicyclic amines) is 1. The SMILES string of the molecule is NC(=O)N1CCCC1c1cc(Oc2ccc([N+](=O)[O-])c3ccccc23)ccn1. The third-order valence-electron chi connectivity index (χ3n) is 4.92. The lowest BCUT2D eigenvalue weighted by molar-refractivity contribution is -0.383. The van der Waals surface area contributed by atoms with Crippen molar-refractivity contribution in [1.82, 2.24) is 9.88 Å². The Labute approximate surface area is 160 Å².